The number of hydrogen-bond acceptors (Lipinski definition) is 9. The number of nitriles is 1. The molecule has 1 unspecified atom stereocenters. The van der Waals surface area contributed by atoms with E-state index in [1.807, 2.05) is 60.0 Å². The number of amides is 1. The van der Waals surface area contributed by atoms with Gasteiger partial charge in [0.2, 0.25) is 0 Å². The van der Waals surface area contributed by atoms with Gasteiger partial charge in [0.05, 0.1) is 37.0 Å². The minimum atomic E-state index is -0.967. The summed E-state index contributed by atoms with van der Waals surface area (Å²) < 4.78 is 23.5. The number of carbonyl (C=O) groups is 2. The highest BCUT2D eigenvalue weighted by Gasteiger charge is 2.30. The molecule has 1 amide bonds. The Bertz CT molecular complexity index is 1960. The Morgan fingerprint density at radius 2 is 1.65 bits per heavy atom. The summed E-state index contributed by atoms with van der Waals surface area (Å²) in [5.74, 6) is -0.0942. The molecule has 2 aliphatic heterocycles. The van der Waals surface area contributed by atoms with Gasteiger partial charge in [0.1, 0.15) is 36.8 Å². The van der Waals surface area contributed by atoms with Gasteiger partial charge in [0.25, 0.3) is 5.91 Å². The third-order valence-electron chi connectivity index (χ3n) is 9.31. The van der Waals surface area contributed by atoms with E-state index in [4.69, 9.17) is 30.5 Å². The highest BCUT2D eigenvalue weighted by molar-refractivity contribution is 6.32. The number of benzene rings is 3. The highest BCUT2D eigenvalue weighted by Crippen LogP contribution is 2.36. The molecule has 1 atom stereocenters. The first kappa shape index (κ1) is 35.8. The van der Waals surface area contributed by atoms with Gasteiger partial charge in [0, 0.05) is 61.3 Å². The van der Waals surface area contributed by atoms with Crippen molar-refractivity contribution in [1.82, 2.24) is 14.8 Å². The quantitative estimate of drug-likeness (QED) is 0.203. The second-order valence-corrected chi connectivity index (χ2v) is 12.9. The number of aromatic nitrogens is 1. The van der Waals surface area contributed by atoms with Crippen LogP contribution in [0.1, 0.15) is 43.7 Å². The molecule has 3 heterocycles. The van der Waals surface area contributed by atoms with Crippen molar-refractivity contribution < 1.29 is 33.6 Å². The van der Waals surface area contributed by atoms with E-state index < -0.39 is 12.0 Å². The summed E-state index contributed by atoms with van der Waals surface area (Å²) in [5.41, 5.74) is 7.32. The Morgan fingerprint density at radius 1 is 0.922 bits per heavy atom. The highest BCUT2D eigenvalue weighted by atomic mass is 35.5. The van der Waals surface area contributed by atoms with E-state index in [2.05, 4.69) is 11.1 Å². The van der Waals surface area contributed by atoms with Crippen LogP contribution in [0.3, 0.4) is 0 Å². The number of halogens is 1. The van der Waals surface area contributed by atoms with E-state index in [0.717, 1.165) is 27.8 Å². The zero-order chi connectivity index (χ0) is 35.9. The van der Waals surface area contributed by atoms with Gasteiger partial charge < -0.3 is 29.0 Å². The molecule has 51 heavy (non-hydrogen) atoms. The fraction of sp³-hybridized carbons (Fsp3) is 0.333. The molecule has 0 saturated carbocycles. The number of hydrogen-bond donors (Lipinski definition) is 1. The van der Waals surface area contributed by atoms with Gasteiger partial charge in [-0.3, -0.25) is 19.5 Å². The van der Waals surface area contributed by atoms with Crippen molar-refractivity contribution in [3.8, 4) is 28.7 Å². The lowest BCUT2D eigenvalue weighted by atomic mass is 9.91. The second kappa shape index (κ2) is 16.4. The molecule has 6 rings (SSSR count). The average Bonchev–Trinajstić information content (AvgIpc) is 3.15. The number of carbonyl (C=O) groups excluding carboxylic acids is 1. The van der Waals surface area contributed by atoms with Gasteiger partial charge >= 0.3 is 5.97 Å². The van der Waals surface area contributed by atoms with Gasteiger partial charge in [0.15, 0.2) is 0 Å². The summed E-state index contributed by atoms with van der Waals surface area (Å²) in [4.78, 5) is 33.1. The Labute approximate surface area is 301 Å². The molecule has 2 fully saturated rings. The number of pyridine rings is 1. The van der Waals surface area contributed by atoms with Gasteiger partial charge in [-0.15, -0.1) is 0 Å². The molecular formula is C39H39ClN4O7. The summed E-state index contributed by atoms with van der Waals surface area (Å²) in [5, 5.41) is 19.5. The molecular weight excluding hydrogens is 672 g/mol. The summed E-state index contributed by atoms with van der Waals surface area (Å²) >= 11 is 6.81. The van der Waals surface area contributed by atoms with Crippen LogP contribution in [0, 0.1) is 25.2 Å². The van der Waals surface area contributed by atoms with E-state index in [9.17, 15) is 20.0 Å². The van der Waals surface area contributed by atoms with Crippen LogP contribution in [0.25, 0.3) is 11.1 Å². The van der Waals surface area contributed by atoms with Gasteiger partial charge in [-0.25, -0.2) is 0 Å². The number of carboxylic acid groups (broad SMARTS) is 1. The zero-order valence-corrected chi connectivity index (χ0v) is 29.3. The molecule has 3 aromatic carbocycles. The second-order valence-electron chi connectivity index (χ2n) is 12.5. The van der Waals surface area contributed by atoms with Crippen molar-refractivity contribution in [3.05, 3.63) is 111 Å². The molecule has 2 saturated heterocycles. The van der Waals surface area contributed by atoms with Gasteiger partial charge in [-0.2, -0.15) is 5.26 Å². The molecule has 4 aromatic rings. The van der Waals surface area contributed by atoms with Crippen LogP contribution in [-0.4, -0.2) is 83.9 Å². The van der Waals surface area contributed by atoms with Crippen LogP contribution in [0.15, 0.2) is 67.0 Å². The normalized spacial score (nSPS) is 16.4. The van der Waals surface area contributed by atoms with Crippen molar-refractivity contribution in [2.24, 2.45) is 0 Å². The number of carboxylic acids is 1. The molecule has 0 radical (unpaired) electrons. The molecule has 1 aromatic heterocycles. The predicted molar refractivity (Wildman–Crippen MR) is 190 cm³/mol. The number of aliphatic carboxylic acids is 1. The first-order valence-corrected chi connectivity index (χ1v) is 17.1. The van der Waals surface area contributed by atoms with E-state index in [0.29, 0.717) is 78.2 Å². The monoisotopic (exact) mass is 710 g/mol. The van der Waals surface area contributed by atoms with Crippen molar-refractivity contribution >= 4 is 23.5 Å². The molecule has 1 N–H and O–H groups in total. The number of rotatable bonds is 11. The van der Waals surface area contributed by atoms with Crippen molar-refractivity contribution in [2.75, 3.05) is 46.1 Å². The Kier molecular flexibility index (Phi) is 11.5. The molecule has 0 spiro atoms. The Morgan fingerprint density at radius 3 is 2.41 bits per heavy atom. The first-order valence-electron chi connectivity index (χ1n) is 16.8. The predicted octanol–water partition coefficient (Wildman–Crippen LogP) is 5.81. The molecule has 12 heteroatoms. The fourth-order valence-corrected chi connectivity index (χ4v) is 6.63. The zero-order valence-electron chi connectivity index (χ0n) is 28.6. The topological polar surface area (TPSA) is 134 Å². The lowest BCUT2D eigenvalue weighted by molar-refractivity contribution is -0.150. The Hall–Kier alpha value is -4.99. The third-order valence-corrected chi connectivity index (χ3v) is 9.61. The molecule has 11 nitrogen and oxygen atoms in total. The van der Waals surface area contributed by atoms with Crippen molar-refractivity contribution in [2.45, 2.75) is 39.6 Å². The van der Waals surface area contributed by atoms with Crippen LogP contribution in [0.2, 0.25) is 5.02 Å². The van der Waals surface area contributed by atoms with Crippen LogP contribution in [-0.2, 0) is 34.0 Å². The van der Waals surface area contributed by atoms with Crippen LogP contribution in [0.5, 0.6) is 11.5 Å². The lowest BCUT2D eigenvalue weighted by Gasteiger charge is -2.33. The van der Waals surface area contributed by atoms with E-state index in [1.165, 1.54) is 6.20 Å². The lowest BCUT2D eigenvalue weighted by Crippen LogP contribution is -2.49. The minimum Gasteiger partial charge on any atom is -0.488 e. The van der Waals surface area contributed by atoms with Crippen LogP contribution >= 0.6 is 11.6 Å². The summed E-state index contributed by atoms with van der Waals surface area (Å²) in [6, 6.07) is 18.3. The largest absolute Gasteiger partial charge is 0.488 e. The summed E-state index contributed by atoms with van der Waals surface area (Å²) in [6.07, 6.45) is 3.11. The van der Waals surface area contributed by atoms with Crippen LogP contribution in [0.4, 0.5) is 0 Å². The minimum absolute atomic E-state index is 0.00651. The maximum Gasteiger partial charge on any atom is 0.323 e. The maximum absolute atomic E-state index is 13.4. The Balaban J connectivity index is 1.25. The number of morpholine rings is 2. The number of nitrogens with zero attached hydrogens (tertiary/aromatic N) is 4. The average molecular weight is 711 g/mol. The van der Waals surface area contributed by atoms with E-state index >= 15 is 0 Å². The fourth-order valence-electron chi connectivity index (χ4n) is 6.39. The third kappa shape index (κ3) is 8.32. The van der Waals surface area contributed by atoms with Crippen LogP contribution < -0.4 is 9.47 Å². The van der Waals surface area contributed by atoms with Gasteiger partial charge in [-0.05, 0) is 59.9 Å². The standard InChI is InChI=1S/C39H39ClN4O7/c1-25-29(5-3-6-31(25)32-7-4-8-33(26(32)2)38(45)43-9-12-48-13-10-43)23-51-37-17-36(50-22-28-15-27(18-41)19-42-20-28)30(16-34(37)40)21-44-11-14-49-24-35(44)39(46)47/h3-8,15-17,19-20,35H,9-14,21-24H2,1-2H3,(H,46,47). The van der Waals surface area contributed by atoms with Crippen molar-refractivity contribution in [1.29, 1.82) is 5.26 Å². The smallest absolute Gasteiger partial charge is 0.323 e. The summed E-state index contributed by atoms with van der Waals surface area (Å²) in [6.45, 7) is 7.77. The first-order chi connectivity index (χ1) is 24.7. The van der Waals surface area contributed by atoms with E-state index in [1.54, 1.807) is 24.4 Å². The number of ether oxygens (including phenoxy) is 4. The van der Waals surface area contributed by atoms with E-state index in [-0.39, 0.29) is 32.3 Å². The summed E-state index contributed by atoms with van der Waals surface area (Å²) in [7, 11) is 0. The molecule has 0 bridgehead atoms. The SMILES string of the molecule is Cc1c(COc2cc(OCc3cncc(C#N)c3)c(CN3CCOCC3C(=O)O)cc2Cl)cccc1-c1cccc(C(=O)N2CCOCC2)c1C. The molecule has 264 valence electrons. The van der Waals surface area contributed by atoms with Gasteiger partial charge in [-0.1, -0.05) is 41.9 Å². The maximum atomic E-state index is 13.4. The van der Waals surface area contributed by atoms with Crippen molar-refractivity contribution in [3.63, 3.8) is 0 Å². The molecule has 2 aliphatic rings. The molecule has 0 aliphatic carbocycles.